The minimum Gasteiger partial charge on any atom is -0.461 e. The lowest BCUT2D eigenvalue weighted by Crippen LogP contribution is -2.24. The molecule has 1 unspecified atom stereocenters. The summed E-state index contributed by atoms with van der Waals surface area (Å²) in [5.74, 6) is -0.794. The minimum absolute atomic E-state index is 0.113. The van der Waals surface area contributed by atoms with E-state index in [2.05, 4.69) is 4.74 Å². The van der Waals surface area contributed by atoms with Crippen molar-refractivity contribution < 1.29 is 18.7 Å². The van der Waals surface area contributed by atoms with Crippen LogP contribution in [0.15, 0.2) is 18.2 Å². The third-order valence-corrected chi connectivity index (χ3v) is 2.26. The Morgan fingerprint density at radius 2 is 2.25 bits per heavy atom. The fourth-order valence-electron chi connectivity index (χ4n) is 1.07. The van der Waals surface area contributed by atoms with Gasteiger partial charge in [-0.2, -0.15) is 4.39 Å². The molecule has 88 valence electrons. The summed E-state index contributed by atoms with van der Waals surface area (Å²) < 4.78 is 22.4. The van der Waals surface area contributed by atoms with Gasteiger partial charge in [-0.3, -0.25) is 0 Å². The summed E-state index contributed by atoms with van der Waals surface area (Å²) in [6.07, 6.45) is -2.11. The number of carbonyl (C=O) groups excluding carboxylic acids is 1. The zero-order valence-corrected chi connectivity index (χ0v) is 9.75. The summed E-state index contributed by atoms with van der Waals surface area (Å²) in [6.45, 7) is 3.46. The van der Waals surface area contributed by atoms with Gasteiger partial charge in [-0.15, -0.1) is 0 Å². The molecule has 0 aliphatic rings. The third kappa shape index (κ3) is 3.38. The predicted octanol–water partition coefficient (Wildman–Crippen LogP) is 2.89. The Morgan fingerprint density at radius 3 is 2.81 bits per heavy atom. The Morgan fingerprint density at radius 1 is 1.56 bits per heavy atom. The molecular weight excluding hydrogens is 235 g/mol. The van der Waals surface area contributed by atoms with Crippen LogP contribution in [0.2, 0.25) is 5.02 Å². The molecule has 0 saturated carbocycles. The van der Waals surface area contributed by atoms with Crippen molar-refractivity contribution in [1.29, 1.82) is 0 Å². The molecule has 0 amide bonds. The Kier molecular flexibility index (Phi) is 4.55. The van der Waals surface area contributed by atoms with E-state index in [0.29, 0.717) is 5.02 Å². The minimum atomic E-state index is -2.11. The summed E-state index contributed by atoms with van der Waals surface area (Å²) in [6, 6.07) is 4.61. The molecule has 1 aromatic carbocycles. The van der Waals surface area contributed by atoms with E-state index < -0.39 is 12.3 Å². The quantitative estimate of drug-likeness (QED) is 0.767. The highest BCUT2D eigenvalue weighted by Crippen LogP contribution is 2.22. The molecule has 0 bridgehead atoms. The van der Waals surface area contributed by atoms with Crippen LogP contribution in [0.5, 0.6) is 5.75 Å². The Labute approximate surface area is 98.1 Å². The standard InChI is InChI=1S/C11H12ClFO3/c1-3-15-11(14)10(13)16-8-4-5-9(12)7(2)6-8/h4-6,10H,3H2,1-2H3. The molecule has 0 heterocycles. The van der Waals surface area contributed by atoms with Crippen molar-refractivity contribution >= 4 is 17.6 Å². The molecular formula is C11H12ClFO3. The summed E-state index contributed by atoms with van der Waals surface area (Å²) in [7, 11) is 0. The van der Waals surface area contributed by atoms with Gasteiger partial charge in [0.15, 0.2) is 0 Å². The van der Waals surface area contributed by atoms with Crippen molar-refractivity contribution in [2.75, 3.05) is 6.61 Å². The van der Waals surface area contributed by atoms with E-state index in [9.17, 15) is 9.18 Å². The maximum Gasteiger partial charge on any atom is 0.381 e. The van der Waals surface area contributed by atoms with Gasteiger partial charge < -0.3 is 9.47 Å². The van der Waals surface area contributed by atoms with Gasteiger partial charge in [-0.1, -0.05) is 11.6 Å². The number of alkyl halides is 1. The second kappa shape index (κ2) is 5.70. The molecule has 0 aliphatic heterocycles. The van der Waals surface area contributed by atoms with E-state index in [1.807, 2.05) is 0 Å². The lowest BCUT2D eigenvalue weighted by molar-refractivity contribution is -0.159. The first-order valence-electron chi connectivity index (χ1n) is 4.78. The molecule has 16 heavy (non-hydrogen) atoms. The molecule has 3 nitrogen and oxygen atoms in total. The fraction of sp³-hybridized carbons (Fsp3) is 0.364. The highest BCUT2D eigenvalue weighted by molar-refractivity contribution is 6.31. The third-order valence-electron chi connectivity index (χ3n) is 1.84. The van der Waals surface area contributed by atoms with Crippen LogP contribution in [0.25, 0.3) is 0 Å². The van der Waals surface area contributed by atoms with Crippen molar-refractivity contribution in [3.05, 3.63) is 28.8 Å². The highest BCUT2D eigenvalue weighted by atomic mass is 35.5. The largest absolute Gasteiger partial charge is 0.461 e. The van der Waals surface area contributed by atoms with Crippen LogP contribution in [-0.4, -0.2) is 18.9 Å². The molecule has 5 heteroatoms. The van der Waals surface area contributed by atoms with Gasteiger partial charge in [0.2, 0.25) is 0 Å². The van der Waals surface area contributed by atoms with Crippen LogP contribution in [-0.2, 0) is 9.53 Å². The van der Waals surface area contributed by atoms with E-state index in [4.69, 9.17) is 16.3 Å². The van der Waals surface area contributed by atoms with Crippen LogP contribution in [0, 0.1) is 6.92 Å². The Hall–Kier alpha value is -1.29. The number of benzene rings is 1. The summed E-state index contributed by atoms with van der Waals surface area (Å²) >= 11 is 5.79. The van der Waals surface area contributed by atoms with E-state index >= 15 is 0 Å². The normalized spacial score (nSPS) is 12.0. The van der Waals surface area contributed by atoms with Gasteiger partial charge in [-0.25, -0.2) is 4.79 Å². The van der Waals surface area contributed by atoms with Crippen molar-refractivity contribution in [2.24, 2.45) is 0 Å². The van der Waals surface area contributed by atoms with Crippen molar-refractivity contribution in [2.45, 2.75) is 20.2 Å². The first-order chi connectivity index (χ1) is 7.54. The molecule has 0 radical (unpaired) electrons. The van der Waals surface area contributed by atoms with E-state index in [1.165, 1.54) is 6.07 Å². The van der Waals surface area contributed by atoms with Crippen LogP contribution in [0.4, 0.5) is 4.39 Å². The van der Waals surface area contributed by atoms with Gasteiger partial charge in [0.05, 0.1) is 6.61 Å². The zero-order valence-electron chi connectivity index (χ0n) is 9.00. The van der Waals surface area contributed by atoms with Gasteiger partial charge in [0, 0.05) is 5.02 Å². The number of carbonyl (C=O) groups is 1. The second-order valence-electron chi connectivity index (χ2n) is 3.10. The summed E-state index contributed by atoms with van der Waals surface area (Å²) in [4.78, 5) is 11.0. The SMILES string of the molecule is CCOC(=O)C(F)Oc1ccc(Cl)c(C)c1. The van der Waals surface area contributed by atoms with Gasteiger partial charge in [0.1, 0.15) is 5.75 Å². The lowest BCUT2D eigenvalue weighted by atomic mass is 10.2. The lowest BCUT2D eigenvalue weighted by Gasteiger charge is -2.11. The molecule has 0 N–H and O–H groups in total. The average molecular weight is 247 g/mol. The molecule has 0 spiro atoms. The van der Waals surface area contributed by atoms with E-state index in [0.717, 1.165) is 5.56 Å². The molecule has 0 aromatic heterocycles. The number of aryl methyl sites for hydroxylation is 1. The smallest absolute Gasteiger partial charge is 0.381 e. The molecule has 1 rings (SSSR count). The molecule has 1 atom stereocenters. The topological polar surface area (TPSA) is 35.5 Å². The predicted molar refractivity (Wildman–Crippen MR) is 58.3 cm³/mol. The van der Waals surface area contributed by atoms with Gasteiger partial charge >= 0.3 is 12.3 Å². The van der Waals surface area contributed by atoms with Crippen LogP contribution >= 0.6 is 11.6 Å². The number of hydrogen-bond donors (Lipinski definition) is 0. The van der Waals surface area contributed by atoms with Crippen LogP contribution < -0.4 is 4.74 Å². The molecule has 0 fully saturated rings. The first kappa shape index (κ1) is 12.8. The highest BCUT2D eigenvalue weighted by Gasteiger charge is 2.20. The maximum atomic E-state index is 13.2. The average Bonchev–Trinajstić information content (AvgIpc) is 2.24. The van der Waals surface area contributed by atoms with Crippen LogP contribution in [0.3, 0.4) is 0 Å². The van der Waals surface area contributed by atoms with Crippen molar-refractivity contribution in [3.63, 3.8) is 0 Å². The molecule has 0 aliphatic carbocycles. The van der Waals surface area contributed by atoms with E-state index in [1.54, 1.807) is 26.0 Å². The van der Waals surface area contributed by atoms with Gasteiger partial charge in [0.25, 0.3) is 0 Å². The second-order valence-corrected chi connectivity index (χ2v) is 3.50. The van der Waals surface area contributed by atoms with Crippen LogP contribution in [0.1, 0.15) is 12.5 Å². The molecule has 0 saturated heterocycles. The fourth-order valence-corrected chi connectivity index (χ4v) is 1.18. The molecule has 1 aromatic rings. The monoisotopic (exact) mass is 246 g/mol. The summed E-state index contributed by atoms with van der Waals surface area (Å²) in [5, 5.41) is 0.555. The van der Waals surface area contributed by atoms with E-state index in [-0.39, 0.29) is 12.4 Å². The number of halogens is 2. The Balaban J connectivity index is 2.66. The number of ether oxygens (including phenoxy) is 2. The first-order valence-corrected chi connectivity index (χ1v) is 5.16. The zero-order chi connectivity index (χ0) is 12.1. The van der Waals surface area contributed by atoms with Gasteiger partial charge in [-0.05, 0) is 37.6 Å². The number of esters is 1. The Bertz CT molecular complexity index is 381. The number of hydrogen-bond acceptors (Lipinski definition) is 3. The van der Waals surface area contributed by atoms with Crippen molar-refractivity contribution in [3.8, 4) is 5.75 Å². The maximum absolute atomic E-state index is 13.2. The number of rotatable bonds is 4. The van der Waals surface area contributed by atoms with Crippen molar-refractivity contribution in [1.82, 2.24) is 0 Å². The summed E-state index contributed by atoms with van der Waals surface area (Å²) in [5.41, 5.74) is 0.746.